The van der Waals surface area contributed by atoms with Gasteiger partial charge in [0, 0.05) is 0 Å². The number of aliphatic hydroxyl groups is 5. The number of piperidine rings is 1. The summed E-state index contributed by atoms with van der Waals surface area (Å²) in [6.45, 7) is -2.56. The Hall–Kier alpha value is -1.51. The van der Waals surface area contributed by atoms with Crippen LogP contribution in [0, 0.1) is 5.41 Å². The molecule has 8 N–H and O–H groups in total. The summed E-state index contributed by atoms with van der Waals surface area (Å²) < 4.78 is 23.4. The van der Waals surface area contributed by atoms with Crippen molar-refractivity contribution in [2.45, 2.75) is 30.4 Å². The van der Waals surface area contributed by atoms with Gasteiger partial charge in [0.15, 0.2) is 0 Å². The molecule has 0 aromatic carbocycles. The van der Waals surface area contributed by atoms with E-state index in [-0.39, 0.29) is 4.31 Å². The van der Waals surface area contributed by atoms with Crippen LogP contribution in [0.3, 0.4) is 0 Å². The van der Waals surface area contributed by atoms with E-state index in [4.69, 9.17) is 11.1 Å². The molecule has 13 heteroatoms. The lowest BCUT2D eigenvalue weighted by Crippen LogP contribution is -2.70. The standard InChI is InChI=1S/C11H22N4O8S/c1-24(22,23)14(11(12)13)2-7(18)15-5(3-16)8(19)10(21)9(20)6(15)4-17/h5-6,8-10,16-17,19-21H,2-4H2,1H3,(H3,12,13)/t5-,6-,8-,9+,10-/m1/s1. The van der Waals surface area contributed by atoms with Crippen LogP contribution in [-0.2, 0) is 14.8 Å². The molecular formula is C11H22N4O8S. The number of nitrogens with zero attached hydrogens (tertiary/aromatic N) is 2. The van der Waals surface area contributed by atoms with E-state index in [1.165, 1.54) is 0 Å². The molecule has 0 saturated carbocycles. The average Bonchev–Trinajstić information content (AvgIpc) is 2.48. The molecule has 0 aromatic rings. The van der Waals surface area contributed by atoms with Gasteiger partial charge in [-0.2, -0.15) is 0 Å². The summed E-state index contributed by atoms with van der Waals surface area (Å²) in [6, 6.07) is -2.78. The maximum absolute atomic E-state index is 12.4. The van der Waals surface area contributed by atoms with Gasteiger partial charge >= 0.3 is 0 Å². The second kappa shape index (κ2) is 7.58. The van der Waals surface area contributed by atoms with Crippen molar-refractivity contribution in [2.24, 2.45) is 5.73 Å². The highest BCUT2D eigenvalue weighted by Gasteiger charge is 2.49. The molecule has 12 nitrogen and oxygen atoms in total. The van der Waals surface area contributed by atoms with Gasteiger partial charge in [-0.15, -0.1) is 0 Å². The molecule has 24 heavy (non-hydrogen) atoms. The average molecular weight is 370 g/mol. The van der Waals surface area contributed by atoms with Gasteiger partial charge in [-0.3, -0.25) is 10.2 Å². The van der Waals surface area contributed by atoms with E-state index in [1.54, 1.807) is 0 Å². The van der Waals surface area contributed by atoms with Crippen LogP contribution in [0.2, 0.25) is 0 Å². The smallest absolute Gasteiger partial charge is 0.244 e. The highest BCUT2D eigenvalue weighted by atomic mass is 32.2. The second-order valence-electron chi connectivity index (χ2n) is 5.43. The number of guanidine groups is 1. The molecule has 5 atom stereocenters. The number of hydrogen-bond acceptors (Lipinski definition) is 9. The van der Waals surface area contributed by atoms with Gasteiger partial charge < -0.3 is 36.2 Å². The van der Waals surface area contributed by atoms with Gasteiger partial charge in [0.25, 0.3) is 0 Å². The largest absolute Gasteiger partial charge is 0.394 e. The number of sulfonamides is 1. The maximum atomic E-state index is 12.4. The molecule has 0 spiro atoms. The van der Waals surface area contributed by atoms with Crippen LogP contribution in [0.5, 0.6) is 0 Å². The lowest BCUT2D eigenvalue weighted by molar-refractivity contribution is -0.187. The minimum Gasteiger partial charge on any atom is -0.394 e. The SMILES string of the molecule is CS(=O)(=O)N(CC(=O)N1[C@H](CO)[C@H](O)[C@H](O)[C@H](O)[C@H]1CO)C(=N)N. The van der Waals surface area contributed by atoms with Gasteiger partial charge in [0.05, 0.1) is 31.6 Å². The summed E-state index contributed by atoms with van der Waals surface area (Å²) in [5.74, 6) is -1.95. The highest BCUT2D eigenvalue weighted by Crippen LogP contribution is 2.25. The number of nitrogens with two attached hydrogens (primary N) is 1. The topological polar surface area (TPSA) is 209 Å². The zero-order valence-electron chi connectivity index (χ0n) is 12.8. The molecule has 140 valence electrons. The molecular weight excluding hydrogens is 348 g/mol. The number of amides is 1. The third-order valence-electron chi connectivity index (χ3n) is 3.81. The minimum absolute atomic E-state index is 0.280. The number of carbonyl (C=O) groups is 1. The Morgan fingerprint density at radius 3 is 1.83 bits per heavy atom. The Balaban J connectivity index is 3.18. The first-order chi connectivity index (χ1) is 11.0. The molecule has 1 aliphatic heterocycles. The quantitative estimate of drug-likeness (QED) is 0.182. The van der Waals surface area contributed by atoms with Gasteiger partial charge in [-0.25, -0.2) is 12.7 Å². The summed E-state index contributed by atoms with van der Waals surface area (Å²) in [7, 11) is -4.05. The molecule has 1 amide bonds. The van der Waals surface area contributed by atoms with Crippen molar-refractivity contribution in [1.29, 1.82) is 5.41 Å². The Morgan fingerprint density at radius 2 is 1.54 bits per heavy atom. The number of hydrogen-bond donors (Lipinski definition) is 7. The van der Waals surface area contributed by atoms with Crippen molar-refractivity contribution in [3.05, 3.63) is 0 Å². The van der Waals surface area contributed by atoms with Gasteiger partial charge in [0.1, 0.15) is 24.9 Å². The highest BCUT2D eigenvalue weighted by molar-refractivity contribution is 7.88. The lowest BCUT2D eigenvalue weighted by Gasteiger charge is -2.48. The number of carbonyl (C=O) groups excluding carboxylic acids is 1. The van der Waals surface area contributed by atoms with Gasteiger partial charge in [-0.1, -0.05) is 0 Å². The molecule has 0 bridgehead atoms. The molecule has 1 saturated heterocycles. The Morgan fingerprint density at radius 1 is 1.12 bits per heavy atom. The lowest BCUT2D eigenvalue weighted by atomic mass is 9.88. The van der Waals surface area contributed by atoms with E-state index in [2.05, 4.69) is 0 Å². The maximum Gasteiger partial charge on any atom is 0.244 e. The van der Waals surface area contributed by atoms with Crippen molar-refractivity contribution >= 4 is 21.9 Å². The molecule has 0 aromatic heterocycles. The van der Waals surface area contributed by atoms with E-state index in [9.17, 15) is 38.7 Å². The van der Waals surface area contributed by atoms with Crippen molar-refractivity contribution in [2.75, 3.05) is 26.0 Å². The predicted octanol–water partition coefficient (Wildman–Crippen LogP) is -5.21. The first-order valence-electron chi connectivity index (χ1n) is 6.86. The van der Waals surface area contributed by atoms with Crippen molar-refractivity contribution in [1.82, 2.24) is 9.21 Å². The molecule has 1 heterocycles. The van der Waals surface area contributed by atoms with Crippen LogP contribution < -0.4 is 5.73 Å². The fourth-order valence-electron chi connectivity index (χ4n) is 2.58. The molecule has 1 aliphatic rings. The zero-order valence-corrected chi connectivity index (χ0v) is 13.7. The summed E-state index contributed by atoms with van der Waals surface area (Å²) in [5, 5.41) is 55.5. The van der Waals surface area contributed by atoms with Crippen molar-refractivity contribution in [3.63, 3.8) is 0 Å². The number of likely N-dealkylation sites (tertiary alicyclic amines) is 1. The predicted molar refractivity (Wildman–Crippen MR) is 80.1 cm³/mol. The minimum atomic E-state index is -4.05. The molecule has 1 fully saturated rings. The van der Waals surface area contributed by atoms with E-state index >= 15 is 0 Å². The number of nitrogens with one attached hydrogen (secondary N) is 1. The second-order valence-corrected chi connectivity index (χ2v) is 7.33. The summed E-state index contributed by atoms with van der Waals surface area (Å²) in [6.07, 6.45) is -4.44. The summed E-state index contributed by atoms with van der Waals surface area (Å²) in [4.78, 5) is 13.1. The van der Waals surface area contributed by atoms with Gasteiger partial charge in [0.2, 0.25) is 21.9 Å². The fraction of sp³-hybridized carbons (Fsp3) is 0.818. The van der Waals surface area contributed by atoms with Crippen LogP contribution >= 0.6 is 0 Å². The molecule has 1 rings (SSSR count). The van der Waals surface area contributed by atoms with Crippen LogP contribution in [0.1, 0.15) is 0 Å². The van der Waals surface area contributed by atoms with Crippen LogP contribution in [0.15, 0.2) is 0 Å². The third kappa shape index (κ3) is 3.93. The molecule has 0 unspecified atom stereocenters. The first kappa shape index (κ1) is 20.5. The Labute approximate surface area is 138 Å². The number of rotatable bonds is 5. The van der Waals surface area contributed by atoms with E-state index in [0.29, 0.717) is 4.90 Å². The van der Waals surface area contributed by atoms with Crippen LogP contribution in [0.4, 0.5) is 0 Å². The Kier molecular flexibility index (Phi) is 6.49. The van der Waals surface area contributed by atoms with Gasteiger partial charge in [-0.05, 0) is 0 Å². The van der Waals surface area contributed by atoms with E-state index in [1.807, 2.05) is 0 Å². The summed E-state index contributed by atoms with van der Waals surface area (Å²) in [5.41, 5.74) is 5.13. The van der Waals surface area contributed by atoms with Crippen LogP contribution in [0.25, 0.3) is 0 Å². The van der Waals surface area contributed by atoms with E-state index in [0.717, 1.165) is 6.26 Å². The first-order valence-corrected chi connectivity index (χ1v) is 8.71. The van der Waals surface area contributed by atoms with Crippen molar-refractivity contribution < 1.29 is 38.7 Å². The molecule has 0 aliphatic carbocycles. The fourth-order valence-corrected chi connectivity index (χ4v) is 3.28. The molecule has 0 radical (unpaired) electrons. The zero-order chi connectivity index (χ0) is 18.8. The van der Waals surface area contributed by atoms with Crippen LogP contribution in [-0.4, -0.2) is 111 Å². The number of aliphatic hydroxyl groups excluding tert-OH is 5. The Bertz CT molecular complexity index is 567. The third-order valence-corrected chi connectivity index (χ3v) is 4.94. The van der Waals surface area contributed by atoms with Crippen molar-refractivity contribution in [3.8, 4) is 0 Å². The summed E-state index contributed by atoms with van der Waals surface area (Å²) >= 11 is 0. The normalized spacial score (nSPS) is 30.9. The van der Waals surface area contributed by atoms with E-state index < -0.39 is 72.0 Å². The monoisotopic (exact) mass is 370 g/mol.